The summed E-state index contributed by atoms with van der Waals surface area (Å²) in [6, 6.07) is 0. The highest BCUT2D eigenvalue weighted by Crippen LogP contribution is 2.25. The molecular formula is C8H14O. The summed E-state index contributed by atoms with van der Waals surface area (Å²) in [5.41, 5.74) is 0. The summed E-state index contributed by atoms with van der Waals surface area (Å²) >= 11 is 0. The molecule has 0 aromatic carbocycles. The van der Waals surface area contributed by atoms with Crippen LogP contribution in [0.25, 0.3) is 0 Å². The number of rotatable bonds is 2. The summed E-state index contributed by atoms with van der Waals surface area (Å²) in [5, 5.41) is 0. The van der Waals surface area contributed by atoms with Crippen LogP contribution in [0, 0.1) is 5.89 Å². The number of ether oxygens (including phenoxy) is 1. The normalized spacial score (nSPS) is 44.3. The first-order chi connectivity index (χ1) is 6.22. The van der Waals surface area contributed by atoms with Crippen molar-refractivity contribution in [2.45, 2.75) is 25.6 Å². The summed E-state index contributed by atoms with van der Waals surface area (Å²) in [5.74, 6) is -1.19. The Morgan fingerprint density at radius 3 is 2.89 bits per heavy atom. The van der Waals surface area contributed by atoms with Gasteiger partial charge in [-0.05, 0) is 24.8 Å². The lowest BCUT2D eigenvalue weighted by Gasteiger charge is -1.97. The summed E-state index contributed by atoms with van der Waals surface area (Å²) in [6.45, 7) is 0. The largest absolute Gasteiger partial charge is 0.505 e. The Kier molecular flexibility index (Phi) is 1.04. The monoisotopic (exact) mass is 131 g/mol. The first kappa shape index (κ1) is 2.65. The highest BCUT2D eigenvalue weighted by atomic mass is 16.5. The molecule has 0 saturated heterocycles. The number of hydrogen-bond donors (Lipinski definition) is 0. The maximum absolute atomic E-state index is 7.85. The topological polar surface area (TPSA) is 9.23 Å². The van der Waals surface area contributed by atoms with Gasteiger partial charge in [0, 0.05) is 6.85 Å². The lowest BCUT2D eigenvalue weighted by atomic mass is 10.1. The van der Waals surface area contributed by atoms with Gasteiger partial charge in [0.2, 0.25) is 0 Å². The highest BCUT2D eigenvalue weighted by molar-refractivity contribution is 4.85. The lowest BCUT2D eigenvalue weighted by Crippen LogP contribution is -1.85. The maximum atomic E-state index is 7.85. The fourth-order valence-corrected chi connectivity index (χ4v) is 0.697. The standard InChI is InChI=1S/C8H14O/c1-9-7-6-8-4-2-3-5-8/h6-8H,2-5H2,1H3/b7-6+/i2D2,3D2,8D. The van der Waals surface area contributed by atoms with Gasteiger partial charge in [-0.15, -0.1) is 0 Å². The molecule has 1 heteroatoms. The van der Waals surface area contributed by atoms with Crippen molar-refractivity contribution < 1.29 is 11.6 Å². The van der Waals surface area contributed by atoms with Gasteiger partial charge < -0.3 is 4.74 Å². The molecule has 1 fully saturated rings. The molecule has 0 atom stereocenters. The molecule has 0 radical (unpaired) electrons. The molecule has 0 unspecified atom stereocenters. The zero-order chi connectivity index (χ0) is 11.0. The van der Waals surface area contributed by atoms with Gasteiger partial charge in [-0.2, -0.15) is 0 Å². The number of allylic oxidation sites excluding steroid dienone is 1. The minimum Gasteiger partial charge on any atom is -0.505 e. The maximum Gasteiger partial charge on any atom is 0.0787 e. The van der Waals surface area contributed by atoms with E-state index in [0.29, 0.717) is 0 Å². The average molecular weight is 131 g/mol. The van der Waals surface area contributed by atoms with Gasteiger partial charge in [-0.1, -0.05) is 12.7 Å². The van der Waals surface area contributed by atoms with Crippen LogP contribution in [-0.2, 0) is 4.74 Å². The fraction of sp³-hybridized carbons (Fsp3) is 0.750. The van der Waals surface area contributed by atoms with Crippen LogP contribution < -0.4 is 0 Å². The molecular weight excluding hydrogens is 112 g/mol. The first-order valence-corrected chi connectivity index (χ1v) is 2.93. The lowest BCUT2D eigenvalue weighted by molar-refractivity contribution is 0.333. The molecule has 0 N–H and O–H groups in total. The van der Waals surface area contributed by atoms with Gasteiger partial charge in [-0.25, -0.2) is 0 Å². The predicted octanol–water partition coefficient (Wildman–Crippen LogP) is 2.34. The third-order valence-electron chi connectivity index (χ3n) is 1.20. The molecule has 1 nitrogen and oxygen atoms in total. The van der Waals surface area contributed by atoms with Crippen LogP contribution in [0.5, 0.6) is 0 Å². The van der Waals surface area contributed by atoms with Crippen LogP contribution in [0.1, 0.15) is 32.4 Å². The third-order valence-corrected chi connectivity index (χ3v) is 1.20. The highest BCUT2D eigenvalue weighted by Gasteiger charge is 2.10. The van der Waals surface area contributed by atoms with E-state index >= 15 is 0 Å². The SMILES string of the molecule is [2H]C1(/C=C/OC)CC([2H])([2H])C([2H])([2H])C1. The van der Waals surface area contributed by atoms with E-state index in [0.717, 1.165) is 0 Å². The van der Waals surface area contributed by atoms with Crippen molar-refractivity contribution in [3.63, 3.8) is 0 Å². The molecule has 52 valence electrons. The van der Waals surface area contributed by atoms with Gasteiger partial charge in [-0.3, -0.25) is 0 Å². The Balaban J connectivity index is 2.85. The minimum atomic E-state index is -1.94. The van der Waals surface area contributed by atoms with E-state index in [9.17, 15) is 0 Å². The Morgan fingerprint density at radius 2 is 2.33 bits per heavy atom. The Hall–Kier alpha value is -0.460. The number of hydrogen-bond acceptors (Lipinski definition) is 1. The molecule has 1 aliphatic carbocycles. The minimum absolute atomic E-state index is 0.132. The van der Waals surface area contributed by atoms with E-state index in [1.807, 2.05) is 0 Å². The van der Waals surface area contributed by atoms with E-state index in [1.165, 1.54) is 19.4 Å². The molecule has 1 rings (SSSR count). The summed E-state index contributed by atoms with van der Waals surface area (Å²) in [6.07, 6.45) is -1.42. The molecule has 0 amide bonds. The van der Waals surface area contributed by atoms with Crippen LogP contribution in [0.3, 0.4) is 0 Å². The van der Waals surface area contributed by atoms with Crippen LogP contribution in [0.4, 0.5) is 0 Å². The second-order valence-electron chi connectivity index (χ2n) is 1.90. The van der Waals surface area contributed by atoms with Crippen LogP contribution >= 0.6 is 0 Å². The second-order valence-corrected chi connectivity index (χ2v) is 1.90. The summed E-state index contributed by atoms with van der Waals surface area (Å²) in [4.78, 5) is 0. The van der Waals surface area contributed by atoms with Crippen LogP contribution in [0.2, 0.25) is 0 Å². The van der Waals surface area contributed by atoms with E-state index in [4.69, 9.17) is 6.85 Å². The zero-order valence-corrected chi connectivity index (χ0v) is 5.48. The van der Waals surface area contributed by atoms with E-state index in [-0.39, 0.29) is 12.8 Å². The predicted molar refractivity (Wildman–Crippen MR) is 38.1 cm³/mol. The van der Waals surface area contributed by atoms with Gasteiger partial charge in [0.1, 0.15) is 0 Å². The Morgan fingerprint density at radius 1 is 1.67 bits per heavy atom. The molecule has 0 aromatic rings. The smallest absolute Gasteiger partial charge is 0.0787 e. The van der Waals surface area contributed by atoms with Crippen LogP contribution in [0.15, 0.2) is 12.3 Å². The van der Waals surface area contributed by atoms with Gasteiger partial charge in [0.15, 0.2) is 0 Å². The Bertz CT molecular complexity index is 232. The average Bonchev–Trinajstić information content (AvgIpc) is 2.13. The molecule has 0 spiro atoms. The zero-order valence-electron chi connectivity index (χ0n) is 10.5. The summed E-state index contributed by atoms with van der Waals surface area (Å²) < 4.78 is 42.4. The number of methoxy groups -OCH3 is 1. The molecule has 1 aliphatic rings. The summed E-state index contributed by atoms with van der Waals surface area (Å²) in [7, 11) is 1.44. The van der Waals surface area contributed by atoms with E-state index in [2.05, 4.69) is 4.74 Å². The van der Waals surface area contributed by atoms with E-state index < -0.39 is 18.6 Å². The molecule has 0 aliphatic heterocycles. The second kappa shape index (κ2) is 3.54. The molecule has 0 heterocycles. The molecule has 0 aromatic heterocycles. The quantitative estimate of drug-likeness (QED) is 0.523. The van der Waals surface area contributed by atoms with Crippen molar-refractivity contribution in [3.05, 3.63) is 12.3 Å². The van der Waals surface area contributed by atoms with Crippen molar-refractivity contribution in [2.75, 3.05) is 7.11 Å². The third kappa shape index (κ3) is 2.08. The van der Waals surface area contributed by atoms with Crippen molar-refractivity contribution in [2.24, 2.45) is 5.89 Å². The fourth-order valence-electron chi connectivity index (χ4n) is 0.697. The van der Waals surface area contributed by atoms with Gasteiger partial charge in [0.25, 0.3) is 0 Å². The van der Waals surface area contributed by atoms with Gasteiger partial charge >= 0.3 is 0 Å². The van der Waals surface area contributed by atoms with Crippen LogP contribution in [-0.4, -0.2) is 7.11 Å². The van der Waals surface area contributed by atoms with E-state index in [1.54, 1.807) is 0 Å². The molecule has 9 heavy (non-hydrogen) atoms. The van der Waals surface area contributed by atoms with Gasteiger partial charge in [0.05, 0.1) is 13.4 Å². The van der Waals surface area contributed by atoms with Crippen molar-refractivity contribution in [3.8, 4) is 0 Å². The molecule has 0 bridgehead atoms. The first-order valence-electron chi connectivity index (χ1n) is 5.43. The van der Waals surface area contributed by atoms with Crippen molar-refractivity contribution in [1.82, 2.24) is 0 Å². The van der Waals surface area contributed by atoms with Crippen molar-refractivity contribution in [1.29, 1.82) is 0 Å². The Labute approximate surface area is 63.7 Å². The van der Waals surface area contributed by atoms with Crippen molar-refractivity contribution >= 4 is 0 Å². The molecule has 1 saturated carbocycles.